The number of rotatable bonds is 6. The molecule has 1 aromatic carbocycles. The summed E-state index contributed by atoms with van der Waals surface area (Å²) in [5.74, 6) is 0.120. The van der Waals surface area contributed by atoms with Crippen LogP contribution in [0.3, 0.4) is 0 Å². The van der Waals surface area contributed by atoms with E-state index in [0.29, 0.717) is 8.98 Å². The van der Waals surface area contributed by atoms with E-state index in [1.807, 2.05) is 51.7 Å². The van der Waals surface area contributed by atoms with Gasteiger partial charge in [-0.05, 0) is 71.1 Å². The first kappa shape index (κ1) is 20.4. The first-order chi connectivity index (χ1) is 11.7. The molecule has 0 N–H and O–H groups in total. The number of nitrogens with zero attached hydrogens (tertiary/aromatic N) is 3. The largest absolute Gasteiger partial charge is 0.337 e. The minimum absolute atomic E-state index is 0.120. The summed E-state index contributed by atoms with van der Waals surface area (Å²) in [6, 6.07) is 7.70. The molecular weight excluding hydrogens is 394 g/mol. The molecule has 4 nitrogen and oxygen atoms in total. The zero-order chi connectivity index (χ0) is 18.7. The van der Waals surface area contributed by atoms with Crippen molar-refractivity contribution < 1.29 is 4.79 Å². The molecule has 1 atom stereocenters. The van der Waals surface area contributed by atoms with Gasteiger partial charge in [0.15, 0.2) is 8.29 Å². The SMILES string of the molecule is CC(C)N(C(=O)[C@H](C)Sc1nn(-c2ccc(Cl)cc2)c(=S)s1)C(C)C. The highest BCUT2D eigenvalue weighted by Crippen LogP contribution is 2.29. The molecule has 0 aliphatic carbocycles. The summed E-state index contributed by atoms with van der Waals surface area (Å²) < 4.78 is 3.14. The van der Waals surface area contributed by atoms with Gasteiger partial charge in [-0.25, -0.2) is 4.68 Å². The third-order valence-electron chi connectivity index (χ3n) is 3.59. The predicted molar refractivity (Wildman–Crippen MR) is 110 cm³/mol. The zero-order valence-corrected chi connectivity index (χ0v) is 18.1. The van der Waals surface area contributed by atoms with Gasteiger partial charge >= 0.3 is 0 Å². The Morgan fingerprint density at radius 3 is 2.28 bits per heavy atom. The summed E-state index contributed by atoms with van der Waals surface area (Å²) in [6.07, 6.45) is 0. The van der Waals surface area contributed by atoms with Crippen molar-refractivity contribution in [3.8, 4) is 5.69 Å². The smallest absolute Gasteiger partial charge is 0.236 e. The van der Waals surface area contributed by atoms with Crippen LogP contribution in [-0.2, 0) is 4.79 Å². The van der Waals surface area contributed by atoms with Gasteiger partial charge in [0.1, 0.15) is 0 Å². The van der Waals surface area contributed by atoms with Crippen LogP contribution in [0, 0.1) is 3.95 Å². The Morgan fingerprint density at radius 1 is 1.20 bits per heavy atom. The van der Waals surface area contributed by atoms with Crippen molar-refractivity contribution in [2.75, 3.05) is 0 Å². The van der Waals surface area contributed by atoms with Crippen molar-refractivity contribution >= 4 is 52.8 Å². The summed E-state index contributed by atoms with van der Waals surface area (Å²) in [6.45, 7) is 10.1. The lowest BCUT2D eigenvalue weighted by Gasteiger charge is -2.32. The molecule has 136 valence electrons. The lowest BCUT2D eigenvalue weighted by atomic mass is 10.2. The maximum absolute atomic E-state index is 12.8. The Kier molecular flexibility index (Phi) is 7.08. The van der Waals surface area contributed by atoms with Gasteiger partial charge in [-0.1, -0.05) is 34.7 Å². The van der Waals surface area contributed by atoms with Crippen LogP contribution >= 0.6 is 46.9 Å². The fraction of sp³-hybridized carbons (Fsp3) is 0.471. The molecule has 0 aliphatic rings. The van der Waals surface area contributed by atoms with Crippen molar-refractivity contribution in [3.63, 3.8) is 0 Å². The quantitative estimate of drug-likeness (QED) is 0.464. The van der Waals surface area contributed by atoms with E-state index in [2.05, 4.69) is 5.10 Å². The Morgan fingerprint density at radius 2 is 1.76 bits per heavy atom. The normalized spacial score (nSPS) is 12.6. The molecule has 1 aromatic heterocycles. The van der Waals surface area contributed by atoms with E-state index >= 15 is 0 Å². The molecule has 0 spiro atoms. The average molecular weight is 416 g/mol. The molecule has 0 aliphatic heterocycles. The second kappa shape index (κ2) is 8.66. The summed E-state index contributed by atoms with van der Waals surface area (Å²) in [5.41, 5.74) is 0.863. The lowest BCUT2D eigenvalue weighted by Crippen LogP contribution is -2.45. The van der Waals surface area contributed by atoms with Gasteiger partial charge in [-0.3, -0.25) is 4.79 Å². The first-order valence-corrected chi connectivity index (χ1v) is 10.5. The number of amides is 1. The molecular formula is C17H22ClN3OS3. The van der Waals surface area contributed by atoms with Gasteiger partial charge in [-0.2, -0.15) is 0 Å². The Hall–Kier alpha value is -0.890. The van der Waals surface area contributed by atoms with E-state index in [1.165, 1.54) is 23.1 Å². The predicted octanol–water partition coefficient (Wildman–Crippen LogP) is 5.44. The Bertz CT molecular complexity index is 775. The number of carbonyl (C=O) groups is 1. The summed E-state index contributed by atoms with van der Waals surface area (Å²) in [5, 5.41) is 5.01. The molecule has 2 rings (SSSR count). The van der Waals surface area contributed by atoms with Crippen LogP contribution in [0.1, 0.15) is 34.6 Å². The van der Waals surface area contributed by atoms with Gasteiger partial charge in [0.05, 0.1) is 10.9 Å². The van der Waals surface area contributed by atoms with Gasteiger partial charge in [0.25, 0.3) is 0 Å². The van der Waals surface area contributed by atoms with Crippen LogP contribution in [0.4, 0.5) is 0 Å². The maximum atomic E-state index is 12.8. The van der Waals surface area contributed by atoms with E-state index in [4.69, 9.17) is 23.8 Å². The minimum atomic E-state index is -0.219. The Balaban J connectivity index is 2.18. The third-order valence-corrected chi connectivity index (χ3v) is 6.25. The molecule has 0 saturated heterocycles. The van der Waals surface area contributed by atoms with Crippen LogP contribution < -0.4 is 0 Å². The van der Waals surface area contributed by atoms with Crippen LogP contribution in [0.5, 0.6) is 0 Å². The van der Waals surface area contributed by atoms with Gasteiger partial charge in [0, 0.05) is 17.1 Å². The zero-order valence-electron chi connectivity index (χ0n) is 14.9. The van der Waals surface area contributed by atoms with Crippen molar-refractivity contribution in [1.29, 1.82) is 0 Å². The van der Waals surface area contributed by atoms with Gasteiger partial charge < -0.3 is 4.90 Å². The van der Waals surface area contributed by atoms with Crippen molar-refractivity contribution in [1.82, 2.24) is 14.7 Å². The average Bonchev–Trinajstić information content (AvgIpc) is 2.87. The number of benzene rings is 1. The topological polar surface area (TPSA) is 38.1 Å². The third kappa shape index (κ3) is 5.06. The number of thioether (sulfide) groups is 1. The molecule has 0 saturated carbocycles. The first-order valence-electron chi connectivity index (χ1n) is 8.05. The molecule has 0 bridgehead atoms. The van der Waals surface area contributed by atoms with Gasteiger partial charge in [0.2, 0.25) is 5.91 Å². The van der Waals surface area contributed by atoms with Gasteiger partial charge in [-0.15, -0.1) is 5.10 Å². The summed E-state index contributed by atoms with van der Waals surface area (Å²) >= 11 is 14.2. The van der Waals surface area contributed by atoms with E-state index in [-0.39, 0.29) is 23.2 Å². The molecule has 1 heterocycles. The van der Waals surface area contributed by atoms with E-state index in [1.54, 1.807) is 16.8 Å². The van der Waals surface area contributed by atoms with Crippen LogP contribution in [0.2, 0.25) is 5.02 Å². The fourth-order valence-electron chi connectivity index (χ4n) is 2.57. The number of carbonyl (C=O) groups excluding carboxylic acids is 1. The van der Waals surface area contributed by atoms with E-state index in [9.17, 15) is 4.79 Å². The highest BCUT2D eigenvalue weighted by atomic mass is 35.5. The highest BCUT2D eigenvalue weighted by molar-refractivity contribution is 8.02. The molecule has 1 amide bonds. The lowest BCUT2D eigenvalue weighted by molar-refractivity contribution is -0.133. The summed E-state index contributed by atoms with van der Waals surface area (Å²) in [4.78, 5) is 14.7. The molecule has 2 aromatic rings. The van der Waals surface area contributed by atoms with Crippen molar-refractivity contribution in [2.24, 2.45) is 0 Å². The second-order valence-corrected chi connectivity index (χ2v) is 9.86. The monoisotopic (exact) mass is 415 g/mol. The summed E-state index contributed by atoms with van der Waals surface area (Å²) in [7, 11) is 0. The number of hydrogen-bond donors (Lipinski definition) is 0. The second-order valence-electron chi connectivity index (χ2n) is 6.22. The number of hydrogen-bond acceptors (Lipinski definition) is 5. The number of aromatic nitrogens is 2. The molecule has 0 unspecified atom stereocenters. The highest BCUT2D eigenvalue weighted by Gasteiger charge is 2.26. The Labute approximate surface area is 167 Å². The minimum Gasteiger partial charge on any atom is -0.337 e. The van der Waals surface area contributed by atoms with E-state index in [0.717, 1.165) is 10.0 Å². The maximum Gasteiger partial charge on any atom is 0.236 e. The van der Waals surface area contributed by atoms with Crippen molar-refractivity contribution in [3.05, 3.63) is 33.2 Å². The van der Waals surface area contributed by atoms with Crippen LogP contribution in [0.15, 0.2) is 28.6 Å². The van der Waals surface area contributed by atoms with Crippen molar-refractivity contribution in [2.45, 2.75) is 56.3 Å². The number of halogens is 1. The standard InChI is InChI=1S/C17H22ClN3OS3/c1-10(2)20(11(3)4)15(22)12(5)24-16-19-21(17(23)25-16)14-8-6-13(18)7-9-14/h6-12H,1-5H3/t12-/m0/s1. The fourth-order valence-corrected chi connectivity index (χ4v) is 5.26. The van der Waals surface area contributed by atoms with Crippen LogP contribution in [0.25, 0.3) is 5.69 Å². The molecule has 0 radical (unpaired) electrons. The van der Waals surface area contributed by atoms with Crippen LogP contribution in [-0.4, -0.2) is 37.9 Å². The van der Waals surface area contributed by atoms with E-state index < -0.39 is 0 Å². The molecule has 0 fully saturated rings. The molecule has 25 heavy (non-hydrogen) atoms. The molecule has 8 heteroatoms.